The first-order valence-electron chi connectivity index (χ1n) is 7.20. The number of carbonyl (C=O) groups is 1. The number of nitro groups is 1. The second-order valence-electron chi connectivity index (χ2n) is 5.40. The van der Waals surface area contributed by atoms with Crippen molar-refractivity contribution in [2.45, 2.75) is 18.7 Å². The third-order valence-corrected chi connectivity index (χ3v) is 5.52. The van der Waals surface area contributed by atoms with Crippen molar-refractivity contribution in [1.82, 2.24) is 0 Å². The summed E-state index contributed by atoms with van der Waals surface area (Å²) in [6, 6.07) is 9.89. The molecule has 0 aliphatic rings. The monoisotopic (exact) mass is 364 g/mol. The molecular weight excluding hydrogens is 348 g/mol. The van der Waals surface area contributed by atoms with Crippen molar-refractivity contribution in [2.24, 2.45) is 0 Å². The zero-order chi connectivity index (χ0) is 18.8. The molecule has 0 spiro atoms. The maximum Gasteiger partial charge on any atom is 0.324 e. The summed E-state index contributed by atoms with van der Waals surface area (Å²) in [5.41, 5.74) is 0.671. The molecule has 2 aromatic rings. The van der Waals surface area contributed by atoms with Crippen LogP contribution in [-0.4, -0.2) is 31.0 Å². The van der Waals surface area contributed by atoms with Gasteiger partial charge in [-0.3, -0.25) is 19.2 Å². The van der Waals surface area contributed by atoms with Crippen LogP contribution in [0.2, 0.25) is 0 Å². The molecule has 0 heterocycles. The SMILES string of the molecule is Cc1ccccc1N(CC(=O)O)S(=O)(=O)c1cc([N+](=O)[O-])ccc1C. The molecule has 2 aromatic carbocycles. The molecule has 0 unspecified atom stereocenters. The maximum absolute atomic E-state index is 13.1. The molecule has 9 heteroatoms. The largest absolute Gasteiger partial charge is 0.480 e. The highest BCUT2D eigenvalue weighted by Gasteiger charge is 2.30. The van der Waals surface area contributed by atoms with E-state index in [0.717, 1.165) is 10.4 Å². The first-order chi connectivity index (χ1) is 11.6. The first kappa shape index (κ1) is 18.4. The number of carboxylic acids is 1. The van der Waals surface area contributed by atoms with Gasteiger partial charge in [0.15, 0.2) is 0 Å². The number of anilines is 1. The van der Waals surface area contributed by atoms with E-state index in [1.165, 1.54) is 25.1 Å². The lowest BCUT2D eigenvalue weighted by Crippen LogP contribution is -2.36. The highest BCUT2D eigenvalue weighted by atomic mass is 32.2. The summed E-state index contributed by atoms with van der Waals surface area (Å²) in [4.78, 5) is 21.2. The zero-order valence-corrected chi connectivity index (χ0v) is 14.4. The summed E-state index contributed by atoms with van der Waals surface area (Å²) < 4.78 is 26.9. The topological polar surface area (TPSA) is 118 Å². The number of benzene rings is 2. The van der Waals surface area contributed by atoms with Crippen molar-refractivity contribution in [3.8, 4) is 0 Å². The molecular formula is C16H16N2O6S. The van der Waals surface area contributed by atoms with Gasteiger partial charge in [-0.25, -0.2) is 8.42 Å². The van der Waals surface area contributed by atoms with E-state index in [1.807, 2.05) is 0 Å². The van der Waals surface area contributed by atoms with Crippen LogP contribution in [-0.2, 0) is 14.8 Å². The van der Waals surface area contributed by atoms with Crippen LogP contribution in [0.3, 0.4) is 0 Å². The van der Waals surface area contributed by atoms with E-state index in [9.17, 15) is 23.3 Å². The Morgan fingerprint density at radius 2 is 1.80 bits per heavy atom. The van der Waals surface area contributed by atoms with E-state index in [1.54, 1.807) is 25.1 Å². The summed E-state index contributed by atoms with van der Waals surface area (Å²) in [5, 5.41) is 20.1. The van der Waals surface area contributed by atoms with Crippen LogP contribution in [0.15, 0.2) is 47.4 Å². The first-order valence-corrected chi connectivity index (χ1v) is 8.64. The fraction of sp³-hybridized carbons (Fsp3) is 0.188. The van der Waals surface area contributed by atoms with Crippen LogP contribution in [0.1, 0.15) is 11.1 Å². The number of non-ortho nitro benzene ring substituents is 1. The standard InChI is InChI=1S/C16H16N2O6S/c1-11-5-3-4-6-14(11)17(10-16(19)20)25(23,24)15-9-13(18(21)22)8-7-12(15)2/h3-9H,10H2,1-2H3,(H,19,20). The van der Waals surface area contributed by atoms with Crippen LogP contribution < -0.4 is 4.31 Å². The Labute approximate surface area is 144 Å². The molecule has 0 atom stereocenters. The minimum atomic E-state index is -4.31. The van der Waals surface area contributed by atoms with Gasteiger partial charge in [0.25, 0.3) is 15.7 Å². The molecule has 0 aliphatic carbocycles. The summed E-state index contributed by atoms with van der Waals surface area (Å²) in [6.45, 7) is 2.35. The fourth-order valence-electron chi connectivity index (χ4n) is 2.36. The van der Waals surface area contributed by atoms with Crippen molar-refractivity contribution < 1.29 is 23.2 Å². The highest BCUT2D eigenvalue weighted by Crippen LogP contribution is 2.30. The Morgan fingerprint density at radius 3 is 2.36 bits per heavy atom. The number of para-hydroxylation sites is 1. The Morgan fingerprint density at radius 1 is 1.16 bits per heavy atom. The smallest absolute Gasteiger partial charge is 0.324 e. The molecule has 132 valence electrons. The molecule has 0 amide bonds. The molecule has 0 fully saturated rings. The second-order valence-corrected chi connectivity index (χ2v) is 7.23. The molecule has 8 nitrogen and oxygen atoms in total. The minimum Gasteiger partial charge on any atom is -0.480 e. The van der Waals surface area contributed by atoms with Gasteiger partial charge in [-0.15, -0.1) is 0 Å². The molecule has 0 aromatic heterocycles. The van der Waals surface area contributed by atoms with Crippen LogP contribution in [0, 0.1) is 24.0 Å². The average Bonchev–Trinajstić information content (AvgIpc) is 2.53. The minimum absolute atomic E-state index is 0.204. The third kappa shape index (κ3) is 3.77. The number of hydrogen-bond acceptors (Lipinski definition) is 5. The van der Waals surface area contributed by atoms with Gasteiger partial charge in [-0.1, -0.05) is 24.3 Å². The second kappa shape index (κ2) is 6.89. The Balaban J connectivity index is 2.68. The van der Waals surface area contributed by atoms with Gasteiger partial charge >= 0.3 is 5.97 Å². The van der Waals surface area contributed by atoms with Gasteiger partial charge in [-0.2, -0.15) is 0 Å². The van der Waals surface area contributed by atoms with E-state index in [-0.39, 0.29) is 21.8 Å². The molecule has 1 N–H and O–H groups in total. The van der Waals surface area contributed by atoms with Crippen molar-refractivity contribution in [3.05, 3.63) is 63.7 Å². The summed E-state index contributed by atoms with van der Waals surface area (Å²) in [7, 11) is -4.31. The normalized spacial score (nSPS) is 11.1. The lowest BCUT2D eigenvalue weighted by atomic mass is 10.2. The third-order valence-electron chi connectivity index (χ3n) is 3.61. The number of hydrogen-bond donors (Lipinski definition) is 1. The number of nitro benzene ring substituents is 1. The van der Waals surface area contributed by atoms with Crippen LogP contribution in [0.4, 0.5) is 11.4 Å². The van der Waals surface area contributed by atoms with Gasteiger partial charge in [0, 0.05) is 12.1 Å². The van der Waals surface area contributed by atoms with Crippen LogP contribution >= 0.6 is 0 Å². The van der Waals surface area contributed by atoms with Crippen LogP contribution in [0.5, 0.6) is 0 Å². The van der Waals surface area contributed by atoms with Gasteiger partial charge < -0.3 is 5.11 Å². The van der Waals surface area contributed by atoms with E-state index in [0.29, 0.717) is 5.56 Å². The number of nitrogens with zero attached hydrogens (tertiary/aromatic N) is 2. The van der Waals surface area contributed by atoms with Gasteiger partial charge in [0.2, 0.25) is 0 Å². The molecule has 2 rings (SSSR count). The van der Waals surface area contributed by atoms with Gasteiger partial charge in [0.1, 0.15) is 6.54 Å². The number of carboxylic acid groups (broad SMARTS) is 1. The van der Waals surface area contributed by atoms with Gasteiger partial charge in [-0.05, 0) is 31.0 Å². The molecule has 0 bridgehead atoms. The Bertz CT molecular complexity index is 939. The number of rotatable bonds is 6. The molecule has 0 aliphatic heterocycles. The number of aliphatic carboxylic acids is 1. The molecule has 0 radical (unpaired) electrons. The molecule has 0 saturated carbocycles. The lowest BCUT2D eigenvalue weighted by Gasteiger charge is -2.25. The van der Waals surface area contributed by atoms with Crippen molar-refractivity contribution >= 4 is 27.4 Å². The zero-order valence-electron chi connectivity index (χ0n) is 13.5. The Kier molecular flexibility index (Phi) is 5.07. The predicted octanol–water partition coefficient (Wildman–Crippen LogP) is 2.49. The lowest BCUT2D eigenvalue weighted by molar-refractivity contribution is -0.385. The van der Waals surface area contributed by atoms with Crippen LogP contribution in [0.25, 0.3) is 0 Å². The highest BCUT2D eigenvalue weighted by molar-refractivity contribution is 7.93. The fourth-order valence-corrected chi connectivity index (χ4v) is 4.09. The summed E-state index contributed by atoms with van der Waals surface area (Å²) in [5.74, 6) is -1.34. The summed E-state index contributed by atoms with van der Waals surface area (Å²) >= 11 is 0. The number of aryl methyl sites for hydroxylation is 2. The molecule has 0 saturated heterocycles. The quantitative estimate of drug-likeness (QED) is 0.621. The van der Waals surface area contributed by atoms with Gasteiger partial charge in [0.05, 0.1) is 15.5 Å². The number of sulfonamides is 1. The van der Waals surface area contributed by atoms with E-state index < -0.39 is 27.5 Å². The predicted molar refractivity (Wildman–Crippen MR) is 91.2 cm³/mol. The van der Waals surface area contributed by atoms with Crippen molar-refractivity contribution in [1.29, 1.82) is 0 Å². The van der Waals surface area contributed by atoms with E-state index in [4.69, 9.17) is 5.11 Å². The Hall–Kier alpha value is -2.94. The van der Waals surface area contributed by atoms with E-state index in [2.05, 4.69) is 0 Å². The summed E-state index contributed by atoms with van der Waals surface area (Å²) in [6.07, 6.45) is 0. The molecule has 25 heavy (non-hydrogen) atoms. The average molecular weight is 364 g/mol. The maximum atomic E-state index is 13.1. The van der Waals surface area contributed by atoms with E-state index >= 15 is 0 Å². The van der Waals surface area contributed by atoms with Crippen molar-refractivity contribution in [3.63, 3.8) is 0 Å². The van der Waals surface area contributed by atoms with Crippen molar-refractivity contribution in [2.75, 3.05) is 10.8 Å².